The summed E-state index contributed by atoms with van der Waals surface area (Å²) in [5.41, 5.74) is 7.23. The Labute approximate surface area is 431 Å². The SMILES string of the molecule is CC1(C)OB(c2cc(OC(F)(F)F)ccc2Cl)OC1(C)C.Cc1[nH]nc(C(=O)Cc2cnc3[nH]c(-c4cc(OC(F)(F)F)ccc4Cl)cc3c2)c1C.Cc1[nH]nc(C(=O)Cc2cnc3[nH]c(I)cc3c2)c1C. The van der Waals surface area contributed by atoms with E-state index in [1.807, 2.05) is 67.5 Å². The van der Waals surface area contributed by atoms with Gasteiger partial charge in [-0.2, -0.15) is 10.2 Å². The lowest BCUT2D eigenvalue weighted by Crippen LogP contribution is -2.41. The Morgan fingerprint density at radius 1 is 0.667 bits per heavy atom. The number of ketones is 2. The van der Waals surface area contributed by atoms with Gasteiger partial charge in [0, 0.05) is 80.3 Å². The number of carbonyl (C=O) groups excluding carboxylic acids is 2. The number of halogens is 9. The molecule has 0 amide bonds. The summed E-state index contributed by atoms with van der Waals surface area (Å²) < 4.78 is 94.9. The van der Waals surface area contributed by atoms with Gasteiger partial charge in [-0.1, -0.05) is 23.2 Å². The zero-order chi connectivity index (χ0) is 52.7. The Kier molecular flexibility index (Phi) is 15.6. The normalized spacial score (nSPS) is 14.2. The molecule has 2 aromatic carbocycles. The van der Waals surface area contributed by atoms with Crippen LogP contribution in [0.4, 0.5) is 26.3 Å². The van der Waals surface area contributed by atoms with Gasteiger partial charge in [0.15, 0.2) is 11.6 Å². The summed E-state index contributed by atoms with van der Waals surface area (Å²) in [4.78, 5) is 39.7. The molecule has 0 radical (unpaired) electrons. The minimum Gasteiger partial charge on any atom is -0.406 e. The van der Waals surface area contributed by atoms with Gasteiger partial charge < -0.3 is 28.8 Å². The molecule has 1 fully saturated rings. The summed E-state index contributed by atoms with van der Waals surface area (Å²) >= 11 is 14.4. The number of H-pyrrole nitrogens is 4. The number of benzene rings is 2. The highest BCUT2D eigenvalue weighted by atomic mass is 127. The van der Waals surface area contributed by atoms with Crippen molar-refractivity contribution in [1.29, 1.82) is 0 Å². The van der Waals surface area contributed by atoms with E-state index in [9.17, 15) is 35.9 Å². The van der Waals surface area contributed by atoms with Gasteiger partial charge in [0.2, 0.25) is 0 Å². The van der Waals surface area contributed by atoms with Gasteiger partial charge in [0.25, 0.3) is 0 Å². The van der Waals surface area contributed by atoms with E-state index in [-0.39, 0.29) is 39.5 Å². The third kappa shape index (κ3) is 12.8. The van der Waals surface area contributed by atoms with E-state index < -0.39 is 31.0 Å². The number of aryl methyl sites for hydroxylation is 2. The third-order valence-electron chi connectivity index (χ3n) is 12.0. The highest BCUT2D eigenvalue weighted by Gasteiger charge is 2.52. The molecule has 1 saturated heterocycles. The van der Waals surface area contributed by atoms with Gasteiger partial charge in [-0.05, 0) is 150 Å². The largest absolute Gasteiger partial charge is 0.573 e. The minimum absolute atomic E-state index is 0.0123. The molecule has 0 aliphatic carbocycles. The fraction of sp³-hybridized carbons (Fsp3) is 0.292. The molecular formula is C48H44BCl2F6IN8O6. The van der Waals surface area contributed by atoms with Crippen molar-refractivity contribution in [3.05, 3.63) is 132 Å². The second kappa shape index (κ2) is 20.9. The molecule has 8 aromatic rings. The van der Waals surface area contributed by atoms with E-state index in [4.69, 9.17) is 32.5 Å². The highest BCUT2D eigenvalue weighted by molar-refractivity contribution is 14.1. The summed E-state index contributed by atoms with van der Waals surface area (Å²) in [5, 5.41) is 16.0. The van der Waals surface area contributed by atoms with Crippen molar-refractivity contribution in [2.24, 2.45) is 0 Å². The predicted octanol–water partition coefficient (Wildman–Crippen LogP) is 12.0. The van der Waals surface area contributed by atoms with Crippen LogP contribution in [0.1, 0.15) is 82.3 Å². The predicted molar refractivity (Wildman–Crippen MR) is 268 cm³/mol. The summed E-state index contributed by atoms with van der Waals surface area (Å²) in [6, 6.07) is 14.8. The molecule has 0 atom stereocenters. The van der Waals surface area contributed by atoms with Crippen LogP contribution in [0.25, 0.3) is 33.3 Å². The summed E-state index contributed by atoms with van der Waals surface area (Å²) in [7, 11) is -0.848. The van der Waals surface area contributed by atoms with E-state index in [0.29, 0.717) is 51.1 Å². The lowest BCUT2D eigenvalue weighted by atomic mass is 9.79. The molecule has 378 valence electrons. The first-order chi connectivity index (χ1) is 33.6. The van der Waals surface area contributed by atoms with E-state index in [2.05, 4.69) is 72.4 Å². The Bertz CT molecular complexity index is 3300. The first-order valence-corrected chi connectivity index (χ1v) is 23.6. The smallest absolute Gasteiger partial charge is 0.406 e. The van der Waals surface area contributed by atoms with Crippen LogP contribution < -0.4 is 14.9 Å². The van der Waals surface area contributed by atoms with Crippen molar-refractivity contribution in [1.82, 2.24) is 40.3 Å². The van der Waals surface area contributed by atoms with Crippen molar-refractivity contribution >= 4 is 92.0 Å². The lowest BCUT2D eigenvalue weighted by Gasteiger charge is -2.32. The average Bonchev–Trinajstić information content (AvgIpc) is 4.08. The van der Waals surface area contributed by atoms with Gasteiger partial charge in [-0.25, -0.2) is 9.97 Å². The number of aromatic nitrogens is 8. The Hall–Kier alpha value is -5.95. The number of ether oxygens (including phenoxy) is 2. The van der Waals surface area contributed by atoms with Crippen LogP contribution in [0.15, 0.2) is 73.1 Å². The molecule has 0 saturated carbocycles. The van der Waals surface area contributed by atoms with Crippen LogP contribution in [0.5, 0.6) is 11.5 Å². The number of aromatic amines is 4. The lowest BCUT2D eigenvalue weighted by molar-refractivity contribution is -0.275. The minimum atomic E-state index is -4.81. The Morgan fingerprint density at radius 3 is 1.60 bits per heavy atom. The van der Waals surface area contributed by atoms with Crippen LogP contribution in [0, 0.1) is 31.4 Å². The molecule has 72 heavy (non-hydrogen) atoms. The molecule has 24 heteroatoms. The molecule has 4 N–H and O–H groups in total. The van der Waals surface area contributed by atoms with E-state index in [1.165, 1.54) is 24.3 Å². The zero-order valence-corrected chi connectivity index (χ0v) is 43.2. The van der Waals surface area contributed by atoms with E-state index in [0.717, 1.165) is 54.9 Å². The maximum Gasteiger partial charge on any atom is 0.573 e. The number of Topliss-reactive ketones (excluding diaryl/α,β-unsaturated/α-hetero) is 2. The second-order valence-corrected chi connectivity index (χ2v) is 19.7. The monoisotopic (exact) mass is 1150 g/mol. The van der Waals surface area contributed by atoms with Crippen LogP contribution >= 0.6 is 45.8 Å². The molecule has 9 rings (SSSR count). The van der Waals surface area contributed by atoms with Gasteiger partial charge in [-0.15, -0.1) is 26.3 Å². The quantitative estimate of drug-likeness (QED) is 0.0444. The molecule has 1 aliphatic rings. The van der Waals surface area contributed by atoms with Gasteiger partial charge in [0.1, 0.15) is 34.2 Å². The van der Waals surface area contributed by atoms with Crippen molar-refractivity contribution in [2.45, 2.75) is 92.2 Å². The fourth-order valence-corrected chi connectivity index (χ4v) is 8.27. The number of hydrogen-bond donors (Lipinski definition) is 4. The molecular weight excluding hydrogens is 1110 g/mol. The summed E-state index contributed by atoms with van der Waals surface area (Å²) in [6.07, 6.45) is -5.83. The number of alkyl halides is 6. The maximum absolute atomic E-state index is 12.6. The summed E-state index contributed by atoms with van der Waals surface area (Å²) in [5.74, 6) is -0.872. The van der Waals surface area contributed by atoms with Crippen molar-refractivity contribution in [2.75, 3.05) is 0 Å². The first-order valence-electron chi connectivity index (χ1n) is 21.7. The van der Waals surface area contributed by atoms with Crippen molar-refractivity contribution in [3.8, 4) is 22.8 Å². The number of pyridine rings is 2. The van der Waals surface area contributed by atoms with Crippen molar-refractivity contribution in [3.63, 3.8) is 0 Å². The third-order valence-corrected chi connectivity index (χ3v) is 13.2. The van der Waals surface area contributed by atoms with Gasteiger partial charge in [0.05, 0.1) is 19.9 Å². The number of carbonyl (C=O) groups is 2. The fourth-order valence-electron chi connectivity index (χ4n) is 7.26. The summed E-state index contributed by atoms with van der Waals surface area (Å²) in [6.45, 7) is 14.9. The van der Waals surface area contributed by atoms with Crippen molar-refractivity contribution < 1.29 is 54.7 Å². The molecule has 6 aromatic heterocycles. The topological polar surface area (TPSA) is 186 Å². The molecule has 14 nitrogen and oxygen atoms in total. The first kappa shape index (κ1) is 53.8. The van der Waals surface area contributed by atoms with Gasteiger partial charge >= 0.3 is 19.8 Å². The number of nitrogens with zero attached hydrogens (tertiary/aromatic N) is 4. The number of fused-ring (bicyclic) bond motifs is 2. The maximum atomic E-state index is 12.6. The van der Waals surface area contributed by atoms with Crippen LogP contribution in [0.3, 0.4) is 0 Å². The highest BCUT2D eigenvalue weighted by Crippen LogP contribution is 2.38. The van der Waals surface area contributed by atoms with E-state index >= 15 is 0 Å². The Balaban J connectivity index is 0.000000164. The van der Waals surface area contributed by atoms with Crippen LogP contribution in [-0.2, 0) is 22.2 Å². The number of rotatable bonds is 10. The van der Waals surface area contributed by atoms with Crippen LogP contribution in [-0.4, -0.2) is 82.9 Å². The van der Waals surface area contributed by atoms with Crippen LogP contribution in [0.2, 0.25) is 10.0 Å². The zero-order valence-electron chi connectivity index (χ0n) is 39.6. The average molecular weight is 1150 g/mol. The number of nitrogens with one attached hydrogen (secondary N) is 4. The molecule has 0 unspecified atom stereocenters. The molecule has 7 heterocycles. The van der Waals surface area contributed by atoms with Gasteiger partial charge in [-0.3, -0.25) is 19.8 Å². The molecule has 0 bridgehead atoms. The Morgan fingerprint density at radius 2 is 1.12 bits per heavy atom. The standard InChI is InChI=1S/C21H16ClF3N4O2.C14H13IN4O.C13H15BClF3O3/c1-10-11(2)28-29-19(10)18(30)6-12-5-13-7-17(27-20(13)26-9-12)15-8-14(3-4-16(15)22)31-21(23,24)25;1-7-8(2)18-19-13(7)11(20)4-9-3-10-5-12(15)17-14(10)16-6-9;1-11(2)12(3,4)21-14(20-11)9-7-8(5-6-10(9)15)19-13(16,17)18/h3-5,7-9H,6H2,1-2H3,(H,26,27)(H,28,29);3,5-6H,4H2,1-2H3,(H,16,17)(H,18,19);5-7H,1-4H3. The van der Waals surface area contributed by atoms with E-state index in [1.54, 1.807) is 24.5 Å². The number of hydrogen-bond acceptors (Lipinski definition) is 10. The molecule has 0 spiro atoms. The second-order valence-electron chi connectivity index (χ2n) is 17.7. The molecule has 1 aliphatic heterocycles.